The maximum atomic E-state index is 9.93. The monoisotopic (exact) mass is 254 g/mol. The van der Waals surface area contributed by atoms with Gasteiger partial charge in [0.05, 0.1) is 16.3 Å². The summed E-state index contributed by atoms with van der Waals surface area (Å²) >= 11 is 6.06. The Hall–Kier alpha value is -0.930. The molecule has 0 unspecified atom stereocenters. The smallest absolute Gasteiger partial charge is 0.0656 e. The highest BCUT2D eigenvalue weighted by Gasteiger charge is 2.28. The van der Waals surface area contributed by atoms with Crippen LogP contribution in [0.25, 0.3) is 0 Å². The number of hydrogen-bond donors (Lipinski definition) is 2. The molecule has 0 aromatic heterocycles. The van der Waals surface area contributed by atoms with Gasteiger partial charge in [-0.1, -0.05) is 11.6 Å². The second-order valence-corrected chi connectivity index (χ2v) is 5.55. The van der Waals surface area contributed by atoms with E-state index in [0.29, 0.717) is 10.7 Å². The van der Waals surface area contributed by atoms with Crippen molar-refractivity contribution >= 4 is 23.0 Å². The van der Waals surface area contributed by atoms with Crippen LogP contribution in [-0.2, 0) is 0 Å². The lowest BCUT2D eigenvalue weighted by Crippen LogP contribution is -2.42. The Labute approximate surface area is 107 Å². The van der Waals surface area contributed by atoms with Gasteiger partial charge in [0.1, 0.15) is 0 Å². The quantitative estimate of drug-likeness (QED) is 0.758. The summed E-state index contributed by atoms with van der Waals surface area (Å²) < 4.78 is 0. The van der Waals surface area contributed by atoms with Crippen molar-refractivity contribution in [1.29, 1.82) is 0 Å². The Bertz CT molecular complexity index is 422. The minimum absolute atomic E-state index is 0.526. The highest BCUT2D eigenvalue weighted by Crippen LogP contribution is 2.32. The van der Waals surface area contributed by atoms with Crippen LogP contribution in [0.3, 0.4) is 0 Å². The molecule has 0 spiro atoms. The molecule has 1 aliphatic rings. The van der Waals surface area contributed by atoms with Crippen LogP contribution >= 0.6 is 11.6 Å². The Morgan fingerprint density at radius 1 is 1.35 bits per heavy atom. The second-order valence-electron chi connectivity index (χ2n) is 5.14. The van der Waals surface area contributed by atoms with Crippen LogP contribution in [0.5, 0.6) is 0 Å². The number of hydrogen-bond acceptors (Lipinski definition) is 3. The molecule has 0 radical (unpaired) electrons. The third-order valence-corrected chi connectivity index (χ3v) is 3.82. The van der Waals surface area contributed by atoms with Gasteiger partial charge in [0.25, 0.3) is 0 Å². The number of piperidine rings is 1. The first-order valence-corrected chi connectivity index (χ1v) is 6.30. The number of anilines is 2. The lowest BCUT2D eigenvalue weighted by molar-refractivity contribution is 0.0351. The number of aliphatic hydroxyl groups is 1. The fourth-order valence-electron chi connectivity index (χ4n) is 2.26. The van der Waals surface area contributed by atoms with E-state index in [2.05, 4.69) is 4.90 Å². The molecule has 0 aliphatic carbocycles. The molecule has 0 saturated carbocycles. The molecule has 3 nitrogen and oxygen atoms in total. The first kappa shape index (κ1) is 12.5. The molecular weight excluding hydrogens is 236 g/mol. The normalized spacial score (nSPS) is 19.4. The predicted molar refractivity (Wildman–Crippen MR) is 72.7 cm³/mol. The molecule has 1 aromatic rings. The Balaban J connectivity index is 2.21. The average molecular weight is 255 g/mol. The van der Waals surface area contributed by atoms with Gasteiger partial charge >= 0.3 is 0 Å². The highest BCUT2D eigenvalue weighted by atomic mass is 35.5. The van der Waals surface area contributed by atoms with E-state index in [4.69, 9.17) is 17.3 Å². The van der Waals surface area contributed by atoms with Gasteiger partial charge in [-0.3, -0.25) is 0 Å². The van der Waals surface area contributed by atoms with Crippen molar-refractivity contribution in [2.45, 2.75) is 32.3 Å². The molecule has 17 heavy (non-hydrogen) atoms. The lowest BCUT2D eigenvalue weighted by Gasteiger charge is -2.38. The van der Waals surface area contributed by atoms with Crippen LogP contribution in [0.2, 0.25) is 5.02 Å². The van der Waals surface area contributed by atoms with E-state index >= 15 is 0 Å². The summed E-state index contributed by atoms with van der Waals surface area (Å²) in [6.07, 6.45) is 1.57. The summed E-state index contributed by atoms with van der Waals surface area (Å²) in [5, 5.41) is 10.5. The van der Waals surface area contributed by atoms with Gasteiger partial charge in [-0.15, -0.1) is 0 Å². The fraction of sp³-hybridized carbons (Fsp3) is 0.538. The average Bonchev–Trinajstić information content (AvgIpc) is 2.24. The number of aryl methyl sites for hydroxylation is 1. The molecule has 0 atom stereocenters. The van der Waals surface area contributed by atoms with E-state index in [9.17, 15) is 5.11 Å². The van der Waals surface area contributed by atoms with Gasteiger partial charge in [-0.25, -0.2) is 0 Å². The van der Waals surface area contributed by atoms with E-state index in [1.807, 2.05) is 26.0 Å². The summed E-state index contributed by atoms with van der Waals surface area (Å²) in [5.41, 5.74) is 8.13. The van der Waals surface area contributed by atoms with E-state index in [0.717, 1.165) is 37.2 Å². The third-order valence-electron chi connectivity index (χ3n) is 3.50. The Morgan fingerprint density at radius 2 is 1.94 bits per heavy atom. The third kappa shape index (κ3) is 2.67. The van der Waals surface area contributed by atoms with Gasteiger partial charge in [0, 0.05) is 18.8 Å². The number of halogens is 1. The molecule has 94 valence electrons. The summed E-state index contributed by atoms with van der Waals surface area (Å²) in [5.74, 6) is 0. The van der Waals surface area contributed by atoms with Crippen molar-refractivity contribution in [2.75, 3.05) is 23.7 Å². The zero-order chi connectivity index (χ0) is 12.6. The first-order valence-electron chi connectivity index (χ1n) is 5.92. The van der Waals surface area contributed by atoms with Gasteiger partial charge in [-0.2, -0.15) is 0 Å². The zero-order valence-corrected chi connectivity index (χ0v) is 11.1. The van der Waals surface area contributed by atoms with Gasteiger partial charge in [0.15, 0.2) is 0 Å². The van der Waals surface area contributed by atoms with Crippen molar-refractivity contribution in [3.8, 4) is 0 Å². The standard InChI is InChI=1S/C13H19ClN2O/c1-9-7-11(15)10(14)8-12(9)16-5-3-13(2,17)4-6-16/h7-8,17H,3-6,15H2,1-2H3. The number of nitrogens with two attached hydrogens (primary N) is 1. The number of nitrogens with zero attached hydrogens (tertiary/aromatic N) is 1. The SMILES string of the molecule is Cc1cc(N)c(Cl)cc1N1CCC(C)(O)CC1. The Kier molecular flexibility index (Phi) is 3.23. The maximum absolute atomic E-state index is 9.93. The summed E-state index contributed by atoms with van der Waals surface area (Å²) in [6.45, 7) is 5.64. The van der Waals surface area contributed by atoms with E-state index < -0.39 is 5.60 Å². The molecule has 1 fully saturated rings. The van der Waals surface area contributed by atoms with Crippen LogP contribution in [-0.4, -0.2) is 23.8 Å². The predicted octanol–water partition coefficient (Wildman–Crippen LogP) is 2.58. The summed E-state index contributed by atoms with van der Waals surface area (Å²) in [7, 11) is 0. The molecule has 1 saturated heterocycles. The topological polar surface area (TPSA) is 49.5 Å². The molecule has 2 rings (SSSR count). The number of benzene rings is 1. The number of nitrogen functional groups attached to an aromatic ring is 1. The number of rotatable bonds is 1. The minimum atomic E-state index is -0.526. The molecule has 1 aromatic carbocycles. The lowest BCUT2D eigenvalue weighted by atomic mass is 9.93. The van der Waals surface area contributed by atoms with Crippen LogP contribution in [0.15, 0.2) is 12.1 Å². The van der Waals surface area contributed by atoms with Crippen molar-refractivity contribution in [1.82, 2.24) is 0 Å². The van der Waals surface area contributed by atoms with E-state index in [1.165, 1.54) is 0 Å². The zero-order valence-electron chi connectivity index (χ0n) is 10.3. The van der Waals surface area contributed by atoms with Crippen molar-refractivity contribution < 1.29 is 5.11 Å². The maximum Gasteiger partial charge on any atom is 0.0656 e. The summed E-state index contributed by atoms with van der Waals surface area (Å²) in [6, 6.07) is 3.83. The van der Waals surface area contributed by atoms with Crippen molar-refractivity contribution in [3.63, 3.8) is 0 Å². The van der Waals surface area contributed by atoms with Gasteiger partial charge in [-0.05, 0) is 44.4 Å². The second kappa shape index (κ2) is 4.39. The molecule has 1 heterocycles. The van der Waals surface area contributed by atoms with E-state index in [1.54, 1.807) is 0 Å². The molecule has 3 N–H and O–H groups in total. The minimum Gasteiger partial charge on any atom is -0.398 e. The van der Waals surface area contributed by atoms with Gasteiger partial charge < -0.3 is 15.7 Å². The van der Waals surface area contributed by atoms with Crippen LogP contribution in [0, 0.1) is 6.92 Å². The van der Waals surface area contributed by atoms with Crippen molar-refractivity contribution in [2.24, 2.45) is 0 Å². The summed E-state index contributed by atoms with van der Waals surface area (Å²) in [4.78, 5) is 2.26. The highest BCUT2D eigenvalue weighted by molar-refractivity contribution is 6.33. The largest absolute Gasteiger partial charge is 0.398 e. The molecule has 0 amide bonds. The van der Waals surface area contributed by atoms with Crippen LogP contribution in [0.4, 0.5) is 11.4 Å². The Morgan fingerprint density at radius 3 is 2.53 bits per heavy atom. The first-order chi connectivity index (χ1) is 7.89. The molecule has 0 bridgehead atoms. The van der Waals surface area contributed by atoms with Crippen molar-refractivity contribution in [3.05, 3.63) is 22.7 Å². The molecular formula is C13H19ClN2O. The molecule has 1 aliphatic heterocycles. The van der Waals surface area contributed by atoms with Gasteiger partial charge in [0.2, 0.25) is 0 Å². The molecule has 4 heteroatoms. The van der Waals surface area contributed by atoms with Crippen LogP contribution in [0.1, 0.15) is 25.3 Å². The van der Waals surface area contributed by atoms with E-state index in [-0.39, 0.29) is 0 Å². The van der Waals surface area contributed by atoms with Crippen LogP contribution < -0.4 is 10.6 Å². The fourth-order valence-corrected chi connectivity index (χ4v) is 2.42.